The van der Waals surface area contributed by atoms with E-state index in [-0.39, 0.29) is 0 Å². The van der Waals surface area contributed by atoms with Crippen molar-refractivity contribution in [3.05, 3.63) is 66.5 Å². The van der Waals surface area contributed by atoms with E-state index in [1.165, 1.54) is 11.9 Å². The maximum Gasteiger partial charge on any atom is 0.135 e. The Bertz CT molecular complexity index is 836. The topological polar surface area (TPSA) is 68.3 Å². The summed E-state index contributed by atoms with van der Waals surface area (Å²) in [6, 6.07) is 17.7. The van der Waals surface area contributed by atoms with Crippen molar-refractivity contribution in [1.29, 1.82) is 0 Å². The Hall–Kier alpha value is -3.28. The fourth-order valence-corrected chi connectivity index (χ4v) is 2.51. The minimum atomic E-state index is 0.525. The SMILES string of the molecule is CCc1ccc(Nc2cc(NCCOc3ccc(OC)cc3)ncn2)cc1. The third-order valence-corrected chi connectivity index (χ3v) is 4.04. The van der Waals surface area contributed by atoms with Crippen molar-refractivity contribution >= 4 is 17.3 Å². The number of nitrogens with one attached hydrogen (secondary N) is 2. The van der Waals surface area contributed by atoms with Crippen molar-refractivity contribution in [3.63, 3.8) is 0 Å². The van der Waals surface area contributed by atoms with Crippen molar-refractivity contribution in [1.82, 2.24) is 9.97 Å². The fraction of sp³-hybridized carbons (Fsp3) is 0.238. The Labute approximate surface area is 159 Å². The average molecular weight is 364 g/mol. The summed E-state index contributed by atoms with van der Waals surface area (Å²) in [7, 11) is 1.64. The summed E-state index contributed by atoms with van der Waals surface area (Å²) in [4.78, 5) is 8.51. The second-order valence-electron chi connectivity index (χ2n) is 5.91. The van der Waals surface area contributed by atoms with Crippen molar-refractivity contribution in [2.45, 2.75) is 13.3 Å². The zero-order valence-electron chi connectivity index (χ0n) is 15.6. The molecule has 0 saturated heterocycles. The van der Waals surface area contributed by atoms with Gasteiger partial charge in [-0.1, -0.05) is 19.1 Å². The average Bonchev–Trinajstić information content (AvgIpc) is 2.72. The molecular weight excluding hydrogens is 340 g/mol. The number of aromatic nitrogens is 2. The first-order valence-corrected chi connectivity index (χ1v) is 8.95. The van der Waals surface area contributed by atoms with E-state index in [4.69, 9.17) is 9.47 Å². The van der Waals surface area contributed by atoms with Crippen molar-refractivity contribution in [2.24, 2.45) is 0 Å². The molecule has 3 aromatic rings. The summed E-state index contributed by atoms with van der Waals surface area (Å²) in [5.74, 6) is 3.10. The van der Waals surface area contributed by atoms with Crippen LogP contribution in [0, 0.1) is 0 Å². The molecule has 0 aliphatic rings. The zero-order chi connectivity index (χ0) is 18.9. The lowest BCUT2D eigenvalue weighted by Gasteiger charge is -2.10. The predicted molar refractivity (Wildman–Crippen MR) is 108 cm³/mol. The molecule has 140 valence electrons. The van der Waals surface area contributed by atoms with Crippen LogP contribution in [-0.4, -0.2) is 30.2 Å². The van der Waals surface area contributed by atoms with E-state index in [0.717, 1.165) is 35.2 Å². The van der Waals surface area contributed by atoms with E-state index < -0.39 is 0 Å². The molecule has 27 heavy (non-hydrogen) atoms. The van der Waals surface area contributed by atoms with Crippen LogP contribution < -0.4 is 20.1 Å². The molecule has 0 radical (unpaired) electrons. The number of anilines is 3. The lowest BCUT2D eigenvalue weighted by atomic mass is 10.1. The van der Waals surface area contributed by atoms with Gasteiger partial charge in [0.05, 0.1) is 13.7 Å². The van der Waals surface area contributed by atoms with E-state index in [9.17, 15) is 0 Å². The summed E-state index contributed by atoms with van der Waals surface area (Å²) < 4.78 is 10.8. The summed E-state index contributed by atoms with van der Waals surface area (Å²) in [5, 5.41) is 6.53. The van der Waals surface area contributed by atoms with Crippen LogP contribution in [0.2, 0.25) is 0 Å². The molecule has 0 fully saturated rings. The Morgan fingerprint density at radius 2 is 1.59 bits per heavy atom. The number of benzene rings is 2. The molecule has 2 aromatic carbocycles. The Morgan fingerprint density at radius 1 is 0.889 bits per heavy atom. The van der Waals surface area contributed by atoms with Crippen LogP contribution in [0.15, 0.2) is 60.9 Å². The van der Waals surface area contributed by atoms with Gasteiger partial charge in [-0.3, -0.25) is 0 Å². The van der Waals surface area contributed by atoms with Crippen LogP contribution in [-0.2, 0) is 6.42 Å². The number of hydrogen-bond acceptors (Lipinski definition) is 6. The molecule has 3 rings (SSSR count). The maximum absolute atomic E-state index is 5.70. The van der Waals surface area contributed by atoms with Gasteiger partial charge in [-0.15, -0.1) is 0 Å². The summed E-state index contributed by atoms with van der Waals surface area (Å²) >= 11 is 0. The molecule has 0 bridgehead atoms. The largest absolute Gasteiger partial charge is 0.497 e. The number of hydrogen-bond donors (Lipinski definition) is 2. The summed E-state index contributed by atoms with van der Waals surface area (Å²) in [5.41, 5.74) is 2.31. The van der Waals surface area contributed by atoms with Gasteiger partial charge in [-0.25, -0.2) is 9.97 Å². The third kappa shape index (κ3) is 5.60. The van der Waals surface area contributed by atoms with Crippen LogP contribution in [0.25, 0.3) is 0 Å². The molecule has 0 saturated carbocycles. The number of methoxy groups -OCH3 is 1. The molecule has 6 nitrogen and oxygen atoms in total. The lowest BCUT2D eigenvalue weighted by Crippen LogP contribution is -2.12. The molecule has 1 heterocycles. The van der Waals surface area contributed by atoms with E-state index in [0.29, 0.717) is 13.2 Å². The van der Waals surface area contributed by atoms with Crippen molar-refractivity contribution in [2.75, 3.05) is 30.9 Å². The highest BCUT2D eigenvalue weighted by Gasteiger charge is 2.01. The zero-order valence-corrected chi connectivity index (χ0v) is 15.6. The van der Waals surface area contributed by atoms with Gasteiger partial charge >= 0.3 is 0 Å². The number of aryl methyl sites for hydroxylation is 1. The molecule has 1 aromatic heterocycles. The normalized spacial score (nSPS) is 10.3. The van der Waals surface area contributed by atoms with Crippen LogP contribution in [0.1, 0.15) is 12.5 Å². The van der Waals surface area contributed by atoms with Crippen LogP contribution in [0.3, 0.4) is 0 Å². The van der Waals surface area contributed by atoms with E-state index in [1.54, 1.807) is 7.11 Å². The molecule has 0 aliphatic carbocycles. The van der Waals surface area contributed by atoms with Gasteiger partial charge < -0.3 is 20.1 Å². The highest BCUT2D eigenvalue weighted by atomic mass is 16.5. The van der Waals surface area contributed by atoms with E-state index in [2.05, 4.69) is 51.8 Å². The second-order valence-corrected chi connectivity index (χ2v) is 5.91. The quantitative estimate of drug-likeness (QED) is 0.552. The van der Waals surface area contributed by atoms with E-state index >= 15 is 0 Å². The first-order chi connectivity index (χ1) is 13.3. The summed E-state index contributed by atoms with van der Waals surface area (Å²) in [6.45, 7) is 3.30. The monoisotopic (exact) mass is 364 g/mol. The standard InChI is InChI=1S/C21H24N4O2/c1-3-16-4-6-17(7-5-16)25-21-14-20(23-15-24-21)22-12-13-27-19-10-8-18(26-2)9-11-19/h4-11,14-15H,3,12-13H2,1-2H3,(H2,22,23,24,25). The van der Waals surface area contributed by atoms with Gasteiger partial charge in [-0.2, -0.15) is 0 Å². The molecule has 0 aliphatic heterocycles. The highest BCUT2D eigenvalue weighted by Crippen LogP contribution is 2.18. The van der Waals surface area contributed by atoms with Crippen LogP contribution in [0.4, 0.5) is 17.3 Å². The molecule has 6 heteroatoms. The molecule has 2 N–H and O–H groups in total. The van der Waals surface area contributed by atoms with Crippen molar-refractivity contribution in [3.8, 4) is 11.5 Å². The Balaban J connectivity index is 1.48. The number of rotatable bonds is 9. The van der Waals surface area contributed by atoms with Crippen molar-refractivity contribution < 1.29 is 9.47 Å². The molecule has 0 spiro atoms. The first-order valence-electron chi connectivity index (χ1n) is 8.95. The smallest absolute Gasteiger partial charge is 0.135 e. The molecule has 0 atom stereocenters. The van der Waals surface area contributed by atoms with Gasteiger partial charge in [0.2, 0.25) is 0 Å². The molecular formula is C21H24N4O2. The minimum Gasteiger partial charge on any atom is -0.497 e. The third-order valence-electron chi connectivity index (χ3n) is 4.04. The molecule has 0 unspecified atom stereocenters. The maximum atomic E-state index is 5.70. The number of ether oxygens (including phenoxy) is 2. The van der Waals surface area contributed by atoms with E-state index in [1.807, 2.05) is 30.3 Å². The summed E-state index contributed by atoms with van der Waals surface area (Å²) in [6.07, 6.45) is 2.57. The van der Waals surface area contributed by atoms with Crippen LogP contribution in [0.5, 0.6) is 11.5 Å². The van der Waals surface area contributed by atoms with Gasteiger partial charge in [0, 0.05) is 11.8 Å². The highest BCUT2D eigenvalue weighted by molar-refractivity contribution is 5.59. The lowest BCUT2D eigenvalue weighted by molar-refractivity contribution is 0.331. The Morgan fingerprint density at radius 3 is 2.30 bits per heavy atom. The van der Waals surface area contributed by atoms with Gasteiger partial charge in [0.15, 0.2) is 0 Å². The van der Waals surface area contributed by atoms with Gasteiger partial charge in [-0.05, 0) is 48.4 Å². The Kier molecular flexibility index (Phi) is 6.46. The van der Waals surface area contributed by atoms with Crippen LogP contribution >= 0.6 is 0 Å². The fourth-order valence-electron chi connectivity index (χ4n) is 2.51. The predicted octanol–water partition coefficient (Wildman–Crippen LogP) is 4.28. The first kappa shape index (κ1) is 18.5. The minimum absolute atomic E-state index is 0.525. The van der Waals surface area contributed by atoms with Gasteiger partial charge in [0.1, 0.15) is 36.1 Å². The number of nitrogens with zero attached hydrogens (tertiary/aromatic N) is 2. The second kappa shape index (κ2) is 9.43. The van der Waals surface area contributed by atoms with Gasteiger partial charge in [0.25, 0.3) is 0 Å². The molecule has 0 amide bonds.